The molecule has 0 spiro atoms. The highest BCUT2D eigenvalue weighted by Gasteiger charge is 2.32. The van der Waals surface area contributed by atoms with Gasteiger partial charge in [-0.25, -0.2) is 27.8 Å². The summed E-state index contributed by atoms with van der Waals surface area (Å²) >= 11 is 0. The number of nitrogens with zero attached hydrogens (tertiary/aromatic N) is 5. The maximum absolute atomic E-state index is 13.5. The molecule has 0 bridgehead atoms. The van der Waals surface area contributed by atoms with Crippen LogP contribution in [0, 0.1) is 12.7 Å². The van der Waals surface area contributed by atoms with Crippen LogP contribution in [0.1, 0.15) is 17.4 Å². The molecule has 0 aliphatic carbocycles. The summed E-state index contributed by atoms with van der Waals surface area (Å²) in [5, 5.41) is 2.94. The number of anilines is 2. The van der Waals surface area contributed by atoms with Gasteiger partial charge >= 0.3 is 0 Å². The molecule has 2 aromatic heterocycles. The maximum Gasteiger partial charge on any atom is 0.243 e. The predicted octanol–water partition coefficient (Wildman–Crippen LogP) is 2.22. The molecule has 9 nitrogen and oxygen atoms in total. The van der Waals surface area contributed by atoms with Crippen LogP contribution in [-0.2, 0) is 14.8 Å². The number of morpholine rings is 1. The highest BCUT2D eigenvalue weighted by atomic mass is 32.2. The summed E-state index contributed by atoms with van der Waals surface area (Å²) in [6.45, 7) is 1.99. The third kappa shape index (κ3) is 4.27. The van der Waals surface area contributed by atoms with Crippen molar-refractivity contribution in [3.05, 3.63) is 66.1 Å². The van der Waals surface area contributed by atoms with Crippen LogP contribution in [-0.4, -0.2) is 52.4 Å². The van der Waals surface area contributed by atoms with Crippen molar-refractivity contribution in [3.63, 3.8) is 0 Å². The monoisotopic (exact) mass is 430 g/mol. The number of hydrogen-bond acceptors (Lipinski definition) is 8. The topological polar surface area (TPSA) is 110 Å². The molecule has 1 aliphatic rings. The first-order chi connectivity index (χ1) is 14.4. The van der Waals surface area contributed by atoms with Gasteiger partial charge in [-0.3, -0.25) is 4.98 Å². The van der Waals surface area contributed by atoms with E-state index in [1.54, 1.807) is 18.5 Å². The molecule has 0 amide bonds. The lowest BCUT2D eigenvalue weighted by molar-refractivity contribution is -0.00506. The van der Waals surface area contributed by atoms with Crippen LogP contribution >= 0.6 is 0 Å². The SMILES string of the molecule is Cc1cc(S(=O)(=O)N2CCO[C@@H](c3cncc(Nc4ncccn4)n3)C2)ccc1F. The van der Waals surface area contributed by atoms with E-state index in [1.807, 2.05) is 0 Å². The second kappa shape index (κ2) is 8.38. The van der Waals surface area contributed by atoms with Crippen LogP contribution in [0.2, 0.25) is 0 Å². The van der Waals surface area contributed by atoms with Gasteiger partial charge in [0.2, 0.25) is 16.0 Å². The average Bonchev–Trinajstić information content (AvgIpc) is 2.76. The van der Waals surface area contributed by atoms with Crippen molar-refractivity contribution >= 4 is 21.8 Å². The molecular formula is C19H19FN6O3S. The van der Waals surface area contributed by atoms with E-state index < -0.39 is 21.9 Å². The Morgan fingerprint density at radius 1 is 1.23 bits per heavy atom. The Kier molecular flexibility index (Phi) is 5.66. The Morgan fingerprint density at radius 2 is 2.03 bits per heavy atom. The van der Waals surface area contributed by atoms with E-state index in [9.17, 15) is 12.8 Å². The molecule has 11 heteroatoms. The van der Waals surface area contributed by atoms with E-state index in [1.165, 1.54) is 35.8 Å². The molecule has 1 fully saturated rings. The summed E-state index contributed by atoms with van der Waals surface area (Å²) in [6.07, 6.45) is 5.63. The molecule has 30 heavy (non-hydrogen) atoms. The number of sulfonamides is 1. The lowest BCUT2D eigenvalue weighted by Gasteiger charge is -2.31. The lowest BCUT2D eigenvalue weighted by Crippen LogP contribution is -2.42. The normalized spacial score (nSPS) is 17.6. The van der Waals surface area contributed by atoms with Crippen molar-refractivity contribution in [2.45, 2.75) is 17.9 Å². The number of benzene rings is 1. The summed E-state index contributed by atoms with van der Waals surface area (Å²) in [5.74, 6) is 0.330. The fraction of sp³-hybridized carbons (Fsp3) is 0.263. The average molecular weight is 430 g/mol. The Morgan fingerprint density at radius 3 is 2.80 bits per heavy atom. The Labute approximate surface area is 173 Å². The molecule has 1 aromatic carbocycles. The standard InChI is InChI=1S/C19H19FN6O3S/c1-13-9-14(3-4-15(13)20)30(27,28)26-7-8-29-17(12-26)16-10-21-11-18(24-16)25-19-22-5-2-6-23-19/h2-6,9-11,17H,7-8,12H2,1H3,(H,22,23,24,25)/t17-/m1/s1. The molecule has 0 unspecified atom stereocenters. The van der Waals surface area contributed by atoms with Gasteiger partial charge in [0.25, 0.3) is 0 Å². The Bertz CT molecular complexity index is 1150. The van der Waals surface area contributed by atoms with Gasteiger partial charge in [0.15, 0.2) is 5.82 Å². The first kappa shape index (κ1) is 20.3. The fourth-order valence-electron chi connectivity index (χ4n) is 3.02. The second-order valence-corrected chi connectivity index (χ2v) is 8.60. The Hall–Kier alpha value is -3.02. The molecule has 1 atom stereocenters. The van der Waals surface area contributed by atoms with E-state index in [0.717, 1.165) is 6.07 Å². The van der Waals surface area contributed by atoms with Gasteiger partial charge in [-0.2, -0.15) is 4.31 Å². The van der Waals surface area contributed by atoms with E-state index >= 15 is 0 Å². The molecule has 1 saturated heterocycles. The van der Waals surface area contributed by atoms with E-state index in [4.69, 9.17) is 4.74 Å². The molecular weight excluding hydrogens is 411 g/mol. The van der Waals surface area contributed by atoms with Crippen molar-refractivity contribution in [1.82, 2.24) is 24.2 Å². The molecule has 4 rings (SSSR count). The Balaban J connectivity index is 1.54. The second-order valence-electron chi connectivity index (χ2n) is 6.66. The number of ether oxygens (including phenoxy) is 1. The minimum absolute atomic E-state index is 0.0461. The number of halogens is 1. The summed E-state index contributed by atoms with van der Waals surface area (Å²) in [6, 6.07) is 5.46. The number of rotatable bonds is 5. The molecule has 1 aliphatic heterocycles. The summed E-state index contributed by atoms with van der Waals surface area (Å²) < 4.78 is 46.6. The molecule has 0 saturated carbocycles. The number of nitrogens with one attached hydrogen (secondary N) is 1. The summed E-state index contributed by atoms with van der Waals surface area (Å²) in [5.41, 5.74) is 0.750. The lowest BCUT2D eigenvalue weighted by atomic mass is 10.2. The van der Waals surface area contributed by atoms with Crippen LogP contribution in [0.4, 0.5) is 16.2 Å². The molecule has 0 radical (unpaired) electrons. The first-order valence-electron chi connectivity index (χ1n) is 9.17. The van der Waals surface area contributed by atoms with E-state index in [-0.39, 0.29) is 30.2 Å². The highest BCUT2D eigenvalue weighted by molar-refractivity contribution is 7.89. The van der Waals surface area contributed by atoms with Crippen molar-refractivity contribution in [2.75, 3.05) is 25.0 Å². The van der Waals surface area contributed by atoms with Crippen molar-refractivity contribution in [2.24, 2.45) is 0 Å². The smallest absolute Gasteiger partial charge is 0.243 e. The van der Waals surface area contributed by atoms with Gasteiger partial charge < -0.3 is 10.1 Å². The van der Waals surface area contributed by atoms with Crippen molar-refractivity contribution in [3.8, 4) is 0 Å². The minimum Gasteiger partial charge on any atom is -0.369 e. The van der Waals surface area contributed by atoms with E-state index in [0.29, 0.717) is 17.5 Å². The molecule has 1 N–H and O–H groups in total. The van der Waals surface area contributed by atoms with Gasteiger partial charge in [-0.05, 0) is 36.8 Å². The molecule has 3 heterocycles. The summed E-state index contributed by atoms with van der Waals surface area (Å²) in [7, 11) is -3.80. The third-order valence-corrected chi connectivity index (χ3v) is 6.45. The molecule has 3 aromatic rings. The van der Waals surface area contributed by atoms with Gasteiger partial charge in [0, 0.05) is 25.5 Å². The quantitative estimate of drug-likeness (QED) is 0.656. The fourth-order valence-corrected chi connectivity index (χ4v) is 4.53. The largest absolute Gasteiger partial charge is 0.369 e. The van der Waals surface area contributed by atoms with Gasteiger partial charge in [0.1, 0.15) is 11.9 Å². The van der Waals surface area contributed by atoms with Gasteiger partial charge in [-0.1, -0.05) is 0 Å². The van der Waals surface area contributed by atoms with Crippen LogP contribution in [0.5, 0.6) is 0 Å². The van der Waals surface area contributed by atoms with Gasteiger partial charge in [-0.15, -0.1) is 0 Å². The first-order valence-corrected chi connectivity index (χ1v) is 10.6. The minimum atomic E-state index is -3.80. The maximum atomic E-state index is 13.5. The predicted molar refractivity (Wildman–Crippen MR) is 106 cm³/mol. The van der Waals surface area contributed by atoms with Crippen LogP contribution in [0.15, 0.2) is 53.9 Å². The zero-order valence-electron chi connectivity index (χ0n) is 16.1. The number of aryl methyl sites for hydroxylation is 1. The zero-order chi connectivity index (χ0) is 21.1. The third-order valence-electron chi connectivity index (χ3n) is 4.59. The van der Waals surface area contributed by atoms with Crippen molar-refractivity contribution < 1.29 is 17.5 Å². The number of hydrogen-bond donors (Lipinski definition) is 1. The summed E-state index contributed by atoms with van der Waals surface area (Å²) in [4.78, 5) is 16.8. The molecule has 156 valence electrons. The van der Waals surface area contributed by atoms with Crippen LogP contribution in [0.3, 0.4) is 0 Å². The highest BCUT2D eigenvalue weighted by Crippen LogP contribution is 2.26. The zero-order valence-corrected chi connectivity index (χ0v) is 16.9. The van der Waals surface area contributed by atoms with Crippen LogP contribution < -0.4 is 5.32 Å². The number of aromatic nitrogens is 4. The van der Waals surface area contributed by atoms with E-state index in [2.05, 4.69) is 25.3 Å². The van der Waals surface area contributed by atoms with Gasteiger partial charge in [0.05, 0.1) is 29.6 Å². The van der Waals surface area contributed by atoms with Crippen LogP contribution in [0.25, 0.3) is 0 Å². The van der Waals surface area contributed by atoms with Crippen molar-refractivity contribution in [1.29, 1.82) is 0 Å².